The second-order valence-corrected chi connectivity index (χ2v) is 5.72. The second kappa shape index (κ2) is 6.93. The highest BCUT2D eigenvalue weighted by atomic mass is 16.5. The van der Waals surface area contributed by atoms with Crippen molar-refractivity contribution in [2.24, 2.45) is 5.92 Å². The maximum Gasteiger partial charge on any atom is 0.204 e. The molecule has 3 rings (SSSR count). The van der Waals surface area contributed by atoms with Crippen LogP contribution in [0.15, 0.2) is 30.3 Å². The number of methoxy groups -OCH3 is 3. The van der Waals surface area contributed by atoms with Gasteiger partial charge in [0, 0.05) is 6.07 Å². The van der Waals surface area contributed by atoms with Crippen LogP contribution in [-0.4, -0.2) is 38.8 Å². The Morgan fingerprint density at radius 2 is 1.84 bits per heavy atom. The molecule has 25 heavy (non-hydrogen) atoms. The minimum absolute atomic E-state index is 0.109. The molecular weight excluding hydrogens is 324 g/mol. The highest BCUT2D eigenvalue weighted by Crippen LogP contribution is 2.47. The molecule has 0 bridgehead atoms. The largest absolute Gasteiger partial charge is 0.508 e. The van der Waals surface area contributed by atoms with Crippen molar-refractivity contribution in [3.8, 4) is 28.7 Å². The zero-order valence-corrected chi connectivity index (χ0v) is 14.4. The summed E-state index contributed by atoms with van der Waals surface area (Å²) in [5.41, 5.74) is 1.04. The molecule has 1 atom stereocenters. The third-order valence-electron chi connectivity index (χ3n) is 4.31. The number of Topliss-reactive ketones (excluding diaryl/α,β-unsaturated/α-hetero) is 1. The number of ether oxygens (including phenoxy) is 4. The molecule has 0 fully saturated rings. The van der Waals surface area contributed by atoms with Crippen molar-refractivity contribution in [1.29, 1.82) is 0 Å². The molecule has 0 saturated heterocycles. The third kappa shape index (κ3) is 2.95. The average molecular weight is 344 g/mol. The van der Waals surface area contributed by atoms with E-state index >= 15 is 0 Å². The lowest BCUT2D eigenvalue weighted by Crippen LogP contribution is -2.30. The number of rotatable bonds is 5. The zero-order valence-electron chi connectivity index (χ0n) is 14.4. The van der Waals surface area contributed by atoms with Crippen LogP contribution in [0.25, 0.3) is 0 Å². The summed E-state index contributed by atoms with van der Waals surface area (Å²) in [6.07, 6.45) is 0.377. The minimum atomic E-state index is -0.423. The van der Waals surface area contributed by atoms with Crippen molar-refractivity contribution in [3.05, 3.63) is 41.5 Å². The molecule has 0 amide bonds. The number of hydrogen-bond acceptors (Lipinski definition) is 6. The van der Waals surface area contributed by atoms with E-state index in [-0.39, 0.29) is 18.1 Å². The van der Waals surface area contributed by atoms with Crippen molar-refractivity contribution < 1.29 is 28.8 Å². The van der Waals surface area contributed by atoms with Crippen LogP contribution in [-0.2, 0) is 6.42 Å². The SMILES string of the molecule is COc1cc2c(c(OC)c1OC)C(=O)[C@@H](Cc1ccccc1O)CO2. The van der Waals surface area contributed by atoms with Gasteiger partial charge in [0.2, 0.25) is 5.75 Å². The first-order valence-corrected chi connectivity index (χ1v) is 7.87. The van der Waals surface area contributed by atoms with Gasteiger partial charge in [-0.2, -0.15) is 0 Å². The number of hydrogen-bond donors (Lipinski definition) is 1. The number of phenols is 1. The first-order chi connectivity index (χ1) is 12.1. The Morgan fingerprint density at radius 1 is 1.12 bits per heavy atom. The molecule has 6 heteroatoms. The first-order valence-electron chi connectivity index (χ1n) is 7.87. The lowest BCUT2D eigenvalue weighted by molar-refractivity contribution is 0.0823. The smallest absolute Gasteiger partial charge is 0.204 e. The Bertz CT molecular complexity index is 799. The van der Waals surface area contributed by atoms with Gasteiger partial charge in [0.1, 0.15) is 17.1 Å². The van der Waals surface area contributed by atoms with Gasteiger partial charge >= 0.3 is 0 Å². The number of aromatic hydroxyl groups is 1. The van der Waals surface area contributed by atoms with Crippen LogP contribution in [0, 0.1) is 5.92 Å². The van der Waals surface area contributed by atoms with Crippen LogP contribution in [0.4, 0.5) is 0 Å². The van der Waals surface area contributed by atoms with Crippen LogP contribution < -0.4 is 18.9 Å². The van der Waals surface area contributed by atoms with Crippen molar-refractivity contribution in [2.45, 2.75) is 6.42 Å². The Morgan fingerprint density at radius 3 is 2.48 bits per heavy atom. The Labute approximate surface area is 145 Å². The van der Waals surface area contributed by atoms with Crippen molar-refractivity contribution in [3.63, 3.8) is 0 Å². The minimum Gasteiger partial charge on any atom is -0.508 e. The molecule has 0 aliphatic carbocycles. The fourth-order valence-corrected chi connectivity index (χ4v) is 3.05. The zero-order chi connectivity index (χ0) is 18.0. The fourth-order valence-electron chi connectivity index (χ4n) is 3.05. The van der Waals surface area contributed by atoms with Gasteiger partial charge in [-0.15, -0.1) is 0 Å². The fraction of sp³-hybridized carbons (Fsp3) is 0.316. The quantitative estimate of drug-likeness (QED) is 0.899. The van der Waals surface area contributed by atoms with Crippen LogP contribution in [0.2, 0.25) is 0 Å². The molecule has 0 radical (unpaired) electrons. The van der Waals surface area contributed by atoms with Crippen LogP contribution in [0.1, 0.15) is 15.9 Å². The molecule has 1 aliphatic heterocycles. The molecule has 6 nitrogen and oxygen atoms in total. The lowest BCUT2D eigenvalue weighted by atomic mass is 9.88. The molecule has 1 heterocycles. The van der Waals surface area contributed by atoms with Gasteiger partial charge in [-0.3, -0.25) is 4.79 Å². The van der Waals surface area contributed by atoms with Gasteiger partial charge in [0.15, 0.2) is 17.3 Å². The predicted molar refractivity (Wildman–Crippen MR) is 91.2 cm³/mol. The molecule has 1 aliphatic rings. The standard InChI is InChI=1S/C19H20O6/c1-22-15-9-14-16(19(24-3)18(15)23-2)17(21)12(10-25-14)8-11-6-4-5-7-13(11)20/h4-7,9,12,20H,8,10H2,1-3H3/t12-/m0/s1. The summed E-state index contributed by atoms with van der Waals surface area (Å²) in [6.45, 7) is 0.221. The molecular formula is C19H20O6. The molecule has 0 saturated carbocycles. The third-order valence-corrected chi connectivity index (χ3v) is 4.31. The number of carbonyl (C=O) groups excluding carboxylic acids is 1. The summed E-state index contributed by atoms with van der Waals surface area (Å²) in [5, 5.41) is 9.96. The van der Waals surface area contributed by atoms with E-state index in [0.29, 0.717) is 40.5 Å². The molecule has 1 N–H and O–H groups in total. The van der Waals surface area contributed by atoms with Crippen LogP contribution in [0.5, 0.6) is 28.7 Å². The van der Waals surface area contributed by atoms with E-state index in [2.05, 4.69) is 0 Å². The van der Waals surface area contributed by atoms with E-state index in [1.54, 1.807) is 24.3 Å². The number of carbonyl (C=O) groups is 1. The molecule has 2 aromatic rings. The highest BCUT2D eigenvalue weighted by molar-refractivity contribution is 6.05. The van der Waals surface area contributed by atoms with Gasteiger partial charge in [0.25, 0.3) is 0 Å². The summed E-state index contributed by atoms with van der Waals surface area (Å²) in [5.74, 6) is 1.13. The molecule has 0 spiro atoms. The molecule has 2 aromatic carbocycles. The highest BCUT2D eigenvalue weighted by Gasteiger charge is 2.35. The second-order valence-electron chi connectivity index (χ2n) is 5.72. The van der Waals surface area contributed by atoms with Crippen LogP contribution >= 0.6 is 0 Å². The lowest BCUT2D eigenvalue weighted by Gasteiger charge is -2.27. The Kier molecular flexibility index (Phi) is 4.70. The Balaban J connectivity index is 2.01. The topological polar surface area (TPSA) is 74.2 Å². The van der Waals surface area contributed by atoms with E-state index in [4.69, 9.17) is 18.9 Å². The molecule has 0 aromatic heterocycles. The van der Waals surface area contributed by atoms with Gasteiger partial charge in [-0.1, -0.05) is 18.2 Å². The normalized spacial score (nSPS) is 16.0. The van der Waals surface area contributed by atoms with E-state index in [1.807, 2.05) is 6.07 Å². The summed E-state index contributed by atoms with van der Waals surface area (Å²) >= 11 is 0. The van der Waals surface area contributed by atoms with Gasteiger partial charge in [-0.25, -0.2) is 0 Å². The monoisotopic (exact) mass is 344 g/mol. The van der Waals surface area contributed by atoms with E-state index in [0.717, 1.165) is 0 Å². The van der Waals surface area contributed by atoms with Gasteiger partial charge < -0.3 is 24.1 Å². The van der Waals surface area contributed by atoms with Crippen LogP contribution in [0.3, 0.4) is 0 Å². The summed E-state index contributed by atoms with van der Waals surface area (Å²) in [7, 11) is 4.47. The van der Waals surface area contributed by atoms with E-state index < -0.39 is 5.92 Å². The van der Waals surface area contributed by atoms with Crippen molar-refractivity contribution >= 4 is 5.78 Å². The number of benzene rings is 2. The number of fused-ring (bicyclic) bond motifs is 1. The van der Waals surface area contributed by atoms with Crippen molar-refractivity contribution in [2.75, 3.05) is 27.9 Å². The van der Waals surface area contributed by atoms with Gasteiger partial charge in [-0.05, 0) is 18.1 Å². The summed E-state index contributed by atoms with van der Waals surface area (Å²) < 4.78 is 21.8. The average Bonchev–Trinajstić information content (AvgIpc) is 2.63. The molecule has 132 valence electrons. The predicted octanol–water partition coefficient (Wildman–Crippen LogP) is 2.85. The number of phenolic OH excluding ortho intramolecular Hbond substituents is 1. The number of para-hydroxylation sites is 1. The maximum atomic E-state index is 13.0. The maximum absolute atomic E-state index is 13.0. The molecule has 0 unspecified atom stereocenters. The van der Waals surface area contributed by atoms with E-state index in [9.17, 15) is 9.90 Å². The first kappa shape index (κ1) is 17.0. The number of ketones is 1. The summed E-state index contributed by atoms with van der Waals surface area (Å²) in [6, 6.07) is 8.60. The van der Waals surface area contributed by atoms with E-state index in [1.165, 1.54) is 21.3 Å². The Hall–Kier alpha value is -2.89. The summed E-state index contributed by atoms with van der Waals surface area (Å²) in [4.78, 5) is 13.0. The van der Waals surface area contributed by atoms with Crippen molar-refractivity contribution in [1.82, 2.24) is 0 Å². The van der Waals surface area contributed by atoms with Gasteiger partial charge in [0.05, 0.1) is 33.9 Å².